The van der Waals surface area contributed by atoms with E-state index in [-0.39, 0.29) is 5.25 Å². The van der Waals surface area contributed by atoms with Crippen molar-refractivity contribution in [2.75, 3.05) is 19.6 Å². The monoisotopic (exact) mass is 258 g/mol. The molecule has 2 unspecified atom stereocenters. The third-order valence-corrected chi connectivity index (χ3v) is 4.59. The van der Waals surface area contributed by atoms with Gasteiger partial charge in [0.2, 0.25) is 5.91 Å². The van der Waals surface area contributed by atoms with Crippen LogP contribution in [0.5, 0.6) is 0 Å². The Labute approximate surface area is 109 Å². The summed E-state index contributed by atoms with van der Waals surface area (Å²) in [6.07, 6.45) is 5.87. The summed E-state index contributed by atoms with van der Waals surface area (Å²) in [4.78, 5) is 14.3. The number of hydrogen-bond donors (Lipinski definition) is 1. The van der Waals surface area contributed by atoms with Crippen LogP contribution in [-0.4, -0.2) is 40.9 Å². The Morgan fingerprint density at radius 2 is 1.82 bits per heavy atom. The smallest absolute Gasteiger partial charge is 0.235 e. The van der Waals surface area contributed by atoms with Crippen molar-refractivity contribution in [1.29, 1.82) is 0 Å². The molecule has 1 saturated heterocycles. The highest BCUT2D eigenvalue weighted by Crippen LogP contribution is 2.22. The van der Waals surface area contributed by atoms with Crippen LogP contribution >= 0.6 is 11.8 Å². The fourth-order valence-electron chi connectivity index (χ4n) is 2.26. The van der Waals surface area contributed by atoms with E-state index in [0.717, 1.165) is 19.5 Å². The minimum Gasteiger partial charge on any atom is -0.342 e. The van der Waals surface area contributed by atoms with Crippen molar-refractivity contribution in [3.8, 4) is 0 Å². The lowest BCUT2D eigenvalue weighted by Crippen LogP contribution is -2.37. The van der Waals surface area contributed by atoms with Crippen LogP contribution in [0.15, 0.2) is 0 Å². The number of thioether (sulfide) groups is 1. The van der Waals surface area contributed by atoms with Crippen LogP contribution in [0.2, 0.25) is 0 Å². The lowest BCUT2D eigenvalue weighted by atomic mass is 10.2. The molecule has 2 N–H and O–H groups in total. The summed E-state index contributed by atoms with van der Waals surface area (Å²) in [5.74, 6) is 0.320. The van der Waals surface area contributed by atoms with E-state index < -0.39 is 0 Å². The predicted molar refractivity (Wildman–Crippen MR) is 75.2 cm³/mol. The molecule has 0 aromatic heterocycles. The van der Waals surface area contributed by atoms with Crippen LogP contribution < -0.4 is 5.73 Å². The van der Waals surface area contributed by atoms with E-state index in [1.54, 1.807) is 11.8 Å². The zero-order valence-electron chi connectivity index (χ0n) is 11.2. The number of likely N-dealkylation sites (tertiary alicyclic amines) is 1. The van der Waals surface area contributed by atoms with Crippen LogP contribution in [-0.2, 0) is 4.79 Å². The van der Waals surface area contributed by atoms with E-state index in [1.807, 2.05) is 6.92 Å². The van der Waals surface area contributed by atoms with Crippen molar-refractivity contribution in [2.24, 2.45) is 5.73 Å². The predicted octanol–water partition coefficient (Wildman–Crippen LogP) is 2.25. The number of rotatable bonds is 5. The molecule has 1 fully saturated rings. The maximum atomic E-state index is 12.3. The fourth-order valence-corrected chi connectivity index (χ4v) is 3.49. The van der Waals surface area contributed by atoms with Crippen molar-refractivity contribution in [3.05, 3.63) is 0 Å². The number of amides is 1. The SMILES string of the molecule is CC(CCN)SC(C)C(=O)N1CCCCCC1. The first-order chi connectivity index (χ1) is 8.15. The van der Waals surface area contributed by atoms with E-state index in [1.165, 1.54) is 25.7 Å². The number of nitrogens with two attached hydrogens (primary N) is 1. The molecule has 0 bridgehead atoms. The number of hydrogen-bond acceptors (Lipinski definition) is 3. The van der Waals surface area contributed by atoms with Crippen LogP contribution in [0.3, 0.4) is 0 Å². The molecule has 1 aliphatic rings. The minimum atomic E-state index is 0.0784. The van der Waals surface area contributed by atoms with Crippen molar-refractivity contribution >= 4 is 17.7 Å². The van der Waals surface area contributed by atoms with Gasteiger partial charge in [0.1, 0.15) is 0 Å². The highest BCUT2D eigenvalue weighted by molar-refractivity contribution is 8.01. The molecule has 1 rings (SSSR count). The lowest BCUT2D eigenvalue weighted by Gasteiger charge is -2.25. The topological polar surface area (TPSA) is 46.3 Å². The van der Waals surface area contributed by atoms with Gasteiger partial charge < -0.3 is 10.6 Å². The Hall–Kier alpha value is -0.220. The van der Waals surface area contributed by atoms with Crippen LogP contribution in [0.25, 0.3) is 0 Å². The maximum absolute atomic E-state index is 12.3. The van der Waals surface area contributed by atoms with E-state index in [9.17, 15) is 4.79 Å². The van der Waals surface area contributed by atoms with Gasteiger partial charge in [-0.1, -0.05) is 19.8 Å². The Morgan fingerprint density at radius 3 is 2.35 bits per heavy atom. The molecule has 0 saturated carbocycles. The molecule has 1 aliphatic heterocycles. The van der Waals surface area contributed by atoms with Gasteiger partial charge in [0.25, 0.3) is 0 Å². The normalized spacial score (nSPS) is 20.8. The lowest BCUT2D eigenvalue weighted by molar-refractivity contribution is -0.130. The number of nitrogens with zero attached hydrogens (tertiary/aromatic N) is 1. The average Bonchev–Trinajstić information content (AvgIpc) is 2.56. The fraction of sp³-hybridized carbons (Fsp3) is 0.923. The Bertz CT molecular complexity index is 227. The maximum Gasteiger partial charge on any atom is 0.235 e. The molecule has 1 heterocycles. The van der Waals surface area contributed by atoms with Gasteiger partial charge in [0.05, 0.1) is 5.25 Å². The third kappa shape index (κ3) is 5.30. The van der Waals surface area contributed by atoms with Crippen LogP contribution in [0.4, 0.5) is 0 Å². The van der Waals surface area contributed by atoms with E-state index in [0.29, 0.717) is 17.7 Å². The molecule has 3 nitrogen and oxygen atoms in total. The summed E-state index contributed by atoms with van der Waals surface area (Å²) >= 11 is 1.76. The van der Waals surface area contributed by atoms with Crippen molar-refractivity contribution in [2.45, 2.75) is 56.5 Å². The zero-order chi connectivity index (χ0) is 12.7. The van der Waals surface area contributed by atoms with E-state index >= 15 is 0 Å². The van der Waals surface area contributed by atoms with Gasteiger partial charge in [-0.25, -0.2) is 0 Å². The average molecular weight is 258 g/mol. The molecular weight excluding hydrogens is 232 g/mol. The summed E-state index contributed by atoms with van der Waals surface area (Å²) in [7, 11) is 0. The first-order valence-electron chi connectivity index (χ1n) is 6.79. The molecule has 0 radical (unpaired) electrons. The quantitative estimate of drug-likeness (QED) is 0.822. The van der Waals surface area contributed by atoms with E-state index in [2.05, 4.69) is 11.8 Å². The molecule has 0 aromatic rings. The summed E-state index contributed by atoms with van der Waals surface area (Å²) in [6.45, 7) is 6.80. The second kappa shape index (κ2) is 7.98. The van der Waals surface area contributed by atoms with Gasteiger partial charge >= 0.3 is 0 Å². The van der Waals surface area contributed by atoms with Gasteiger partial charge in [-0.3, -0.25) is 4.79 Å². The van der Waals surface area contributed by atoms with Gasteiger partial charge in [-0.15, -0.1) is 11.8 Å². The third-order valence-electron chi connectivity index (χ3n) is 3.28. The Kier molecular flexibility index (Phi) is 6.97. The highest BCUT2D eigenvalue weighted by atomic mass is 32.2. The first-order valence-corrected chi connectivity index (χ1v) is 7.73. The molecular formula is C13H26N2OS. The first kappa shape index (κ1) is 14.8. The summed E-state index contributed by atoms with van der Waals surface area (Å²) in [5.41, 5.74) is 5.54. The summed E-state index contributed by atoms with van der Waals surface area (Å²) < 4.78 is 0. The summed E-state index contributed by atoms with van der Waals surface area (Å²) in [6, 6.07) is 0. The standard InChI is InChI=1S/C13H26N2OS/c1-11(7-8-14)17-12(2)13(16)15-9-5-3-4-6-10-15/h11-12H,3-10,14H2,1-2H3. The molecule has 0 aromatic carbocycles. The van der Waals surface area contributed by atoms with Crippen LogP contribution in [0, 0.1) is 0 Å². The van der Waals surface area contributed by atoms with Gasteiger partial charge in [-0.05, 0) is 32.7 Å². The molecule has 1 amide bonds. The van der Waals surface area contributed by atoms with Crippen molar-refractivity contribution in [3.63, 3.8) is 0 Å². The highest BCUT2D eigenvalue weighted by Gasteiger charge is 2.23. The molecule has 100 valence electrons. The van der Waals surface area contributed by atoms with Gasteiger partial charge in [0, 0.05) is 18.3 Å². The molecule has 17 heavy (non-hydrogen) atoms. The largest absolute Gasteiger partial charge is 0.342 e. The van der Waals surface area contributed by atoms with Crippen molar-refractivity contribution < 1.29 is 4.79 Å². The van der Waals surface area contributed by atoms with Crippen LogP contribution in [0.1, 0.15) is 46.0 Å². The van der Waals surface area contributed by atoms with E-state index in [4.69, 9.17) is 5.73 Å². The van der Waals surface area contributed by atoms with Gasteiger partial charge in [-0.2, -0.15) is 0 Å². The zero-order valence-corrected chi connectivity index (χ0v) is 12.0. The molecule has 0 aliphatic carbocycles. The summed E-state index contributed by atoms with van der Waals surface area (Å²) in [5, 5.41) is 0.556. The second-order valence-electron chi connectivity index (χ2n) is 4.91. The second-order valence-corrected chi connectivity index (χ2v) is 6.69. The Balaban J connectivity index is 2.38. The molecule has 4 heteroatoms. The number of carbonyl (C=O) groups excluding carboxylic acids is 1. The van der Waals surface area contributed by atoms with Gasteiger partial charge in [0.15, 0.2) is 0 Å². The minimum absolute atomic E-state index is 0.0784. The molecule has 0 spiro atoms. The van der Waals surface area contributed by atoms with Crippen molar-refractivity contribution in [1.82, 2.24) is 4.90 Å². The molecule has 2 atom stereocenters. The Morgan fingerprint density at radius 1 is 1.24 bits per heavy atom. The number of carbonyl (C=O) groups is 1.